The molecule has 15 heavy (non-hydrogen) atoms. The Morgan fingerprint density at radius 2 is 2.00 bits per heavy atom. The quantitative estimate of drug-likeness (QED) is 0.751. The average molecular weight is 199 g/mol. The average Bonchev–Trinajstić information content (AvgIpc) is 2.80. The summed E-state index contributed by atoms with van der Waals surface area (Å²) < 4.78 is 5.40. The highest BCUT2D eigenvalue weighted by Gasteiger charge is 1.97. The van der Waals surface area contributed by atoms with Crippen LogP contribution in [0.25, 0.3) is 11.3 Å². The van der Waals surface area contributed by atoms with E-state index in [4.69, 9.17) is 4.74 Å². The summed E-state index contributed by atoms with van der Waals surface area (Å²) in [5, 5.41) is 0. The Kier molecular flexibility index (Phi) is 2.88. The minimum atomic E-state index is 0.544. The van der Waals surface area contributed by atoms with Gasteiger partial charge in [-0.1, -0.05) is 12.7 Å². The number of benzene rings is 1. The lowest BCUT2D eigenvalue weighted by molar-refractivity contribution is 0.363. The van der Waals surface area contributed by atoms with Crippen LogP contribution in [0.2, 0.25) is 0 Å². The fourth-order valence-corrected chi connectivity index (χ4v) is 1.40. The van der Waals surface area contributed by atoms with E-state index in [1.54, 1.807) is 6.08 Å². The predicted octanol–water partition coefficient (Wildman–Crippen LogP) is 3.25. The molecule has 0 bridgehead atoms. The molecule has 0 aliphatic carbocycles. The van der Waals surface area contributed by atoms with Crippen molar-refractivity contribution in [3.05, 3.63) is 55.3 Å². The molecular weight excluding hydrogens is 186 g/mol. The molecule has 0 radical (unpaired) electrons. The molecule has 0 unspecified atom stereocenters. The minimum Gasteiger partial charge on any atom is -0.490 e. The highest BCUT2D eigenvalue weighted by molar-refractivity contribution is 5.60. The summed E-state index contributed by atoms with van der Waals surface area (Å²) in [6.07, 6.45) is 3.65. The van der Waals surface area contributed by atoms with Crippen LogP contribution in [0.15, 0.2) is 55.3 Å². The zero-order valence-electron chi connectivity index (χ0n) is 8.44. The van der Waals surface area contributed by atoms with E-state index in [1.807, 2.05) is 42.6 Å². The summed E-state index contributed by atoms with van der Waals surface area (Å²) in [6, 6.07) is 12.0. The first-order chi connectivity index (χ1) is 7.40. The first-order valence-electron chi connectivity index (χ1n) is 4.87. The largest absolute Gasteiger partial charge is 0.490 e. The van der Waals surface area contributed by atoms with Crippen molar-refractivity contribution in [1.29, 1.82) is 0 Å². The van der Waals surface area contributed by atoms with E-state index >= 15 is 0 Å². The second-order valence-electron chi connectivity index (χ2n) is 3.21. The molecule has 0 fully saturated rings. The number of hydrogen-bond donors (Lipinski definition) is 1. The number of ether oxygens (including phenoxy) is 1. The van der Waals surface area contributed by atoms with E-state index < -0.39 is 0 Å². The van der Waals surface area contributed by atoms with Crippen molar-refractivity contribution in [3.63, 3.8) is 0 Å². The van der Waals surface area contributed by atoms with Gasteiger partial charge < -0.3 is 9.72 Å². The van der Waals surface area contributed by atoms with Crippen molar-refractivity contribution in [3.8, 4) is 17.0 Å². The molecular formula is C13H13NO. The summed E-state index contributed by atoms with van der Waals surface area (Å²) in [4.78, 5) is 3.16. The van der Waals surface area contributed by atoms with Gasteiger partial charge in [0.1, 0.15) is 12.4 Å². The van der Waals surface area contributed by atoms with Crippen LogP contribution in [0, 0.1) is 0 Å². The number of rotatable bonds is 4. The summed E-state index contributed by atoms with van der Waals surface area (Å²) in [6.45, 7) is 4.15. The smallest absolute Gasteiger partial charge is 0.119 e. The van der Waals surface area contributed by atoms with Crippen molar-refractivity contribution in [2.75, 3.05) is 6.61 Å². The molecule has 0 atom stereocenters. The van der Waals surface area contributed by atoms with Gasteiger partial charge in [0.2, 0.25) is 0 Å². The molecule has 0 saturated carbocycles. The lowest BCUT2D eigenvalue weighted by Gasteiger charge is -2.03. The van der Waals surface area contributed by atoms with Gasteiger partial charge in [-0.2, -0.15) is 0 Å². The van der Waals surface area contributed by atoms with Crippen LogP contribution < -0.4 is 4.74 Å². The van der Waals surface area contributed by atoms with Gasteiger partial charge in [0.15, 0.2) is 0 Å². The Hall–Kier alpha value is -1.96. The van der Waals surface area contributed by atoms with E-state index in [-0.39, 0.29) is 0 Å². The third kappa shape index (κ3) is 2.29. The standard InChI is InChI=1S/C13H13NO/c1-2-10-15-12-7-5-11(6-8-12)13-4-3-9-14-13/h2-9,14H,1,10H2. The van der Waals surface area contributed by atoms with Crippen LogP contribution in [-0.2, 0) is 0 Å². The van der Waals surface area contributed by atoms with Crippen LogP contribution in [0.4, 0.5) is 0 Å². The molecule has 1 aromatic carbocycles. The summed E-state index contributed by atoms with van der Waals surface area (Å²) in [5.74, 6) is 0.866. The molecule has 2 nitrogen and oxygen atoms in total. The minimum absolute atomic E-state index is 0.544. The highest BCUT2D eigenvalue weighted by atomic mass is 16.5. The molecule has 76 valence electrons. The van der Waals surface area contributed by atoms with Gasteiger partial charge in [0, 0.05) is 11.9 Å². The van der Waals surface area contributed by atoms with E-state index in [0.29, 0.717) is 6.61 Å². The van der Waals surface area contributed by atoms with E-state index in [1.165, 1.54) is 0 Å². The Balaban J connectivity index is 2.14. The Morgan fingerprint density at radius 1 is 1.20 bits per heavy atom. The molecule has 2 aromatic rings. The van der Waals surface area contributed by atoms with Crippen LogP contribution in [0.5, 0.6) is 5.75 Å². The van der Waals surface area contributed by atoms with Gasteiger partial charge in [0.25, 0.3) is 0 Å². The first kappa shape index (κ1) is 9.59. The highest BCUT2D eigenvalue weighted by Crippen LogP contribution is 2.20. The molecule has 0 saturated heterocycles. The van der Waals surface area contributed by atoms with Crippen molar-refractivity contribution < 1.29 is 4.74 Å². The Morgan fingerprint density at radius 3 is 2.60 bits per heavy atom. The summed E-state index contributed by atoms with van der Waals surface area (Å²) >= 11 is 0. The molecule has 2 rings (SSSR count). The SMILES string of the molecule is C=CCOc1ccc(-c2ccc[nH]2)cc1. The van der Waals surface area contributed by atoms with Gasteiger partial charge in [0.05, 0.1) is 0 Å². The molecule has 0 aliphatic rings. The second kappa shape index (κ2) is 4.51. The molecule has 2 heteroatoms. The van der Waals surface area contributed by atoms with Crippen LogP contribution in [0.1, 0.15) is 0 Å². The lowest BCUT2D eigenvalue weighted by Crippen LogP contribution is -1.91. The monoisotopic (exact) mass is 199 g/mol. The van der Waals surface area contributed by atoms with Crippen LogP contribution >= 0.6 is 0 Å². The first-order valence-corrected chi connectivity index (χ1v) is 4.87. The number of H-pyrrole nitrogens is 1. The van der Waals surface area contributed by atoms with Gasteiger partial charge in [-0.3, -0.25) is 0 Å². The van der Waals surface area contributed by atoms with E-state index in [9.17, 15) is 0 Å². The number of aromatic nitrogens is 1. The van der Waals surface area contributed by atoms with Crippen molar-refractivity contribution in [1.82, 2.24) is 4.98 Å². The molecule has 0 amide bonds. The molecule has 0 aliphatic heterocycles. The number of hydrogen-bond acceptors (Lipinski definition) is 1. The van der Waals surface area contributed by atoms with Gasteiger partial charge in [-0.25, -0.2) is 0 Å². The van der Waals surface area contributed by atoms with Crippen molar-refractivity contribution >= 4 is 0 Å². The predicted molar refractivity (Wildman–Crippen MR) is 61.9 cm³/mol. The third-order valence-corrected chi connectivity index (χ3v) is 2.13. The molecule has 1 N–H and O–H groups in total. The third-order valence-electron chi connectivity index (χ3n) is 2.13. The summed E-state index contributed by atoms with van der Waals surface area (Å²) in [7, 11) is 0. The van der Waals surface area contributed by atoms with E-state index in [0.717, 1.165) is 17.0 Å². The van der Waals surface area contributed by atoms with Crippen molar-refractivity contribution in [2.45, 2.75) is 0 Å². The maximum absolute atomic E-state index is 5.40. The fraction of sp³-hybridized carbons (Fsp3) is 0.0769. The fourth-order valence-electron chi connectivity index (χ4n) is 1.40. The number of nitrogens with one attached hydrogen (secondary N) is 1. The maximum atomic E-state index is 5.40. The maximum Gasteiger partial charge on any atom is 0.119 e. The van der Waals surface area contributed by atoms with Crippen LogP contribution in [0.3, 0.4) is 0 Å². The second-order valence-corrected chi connectivity index (χ2v) is 3.21. The van der Waals surface area contributed by atoms with Gasteiger partial charge in [-0.15, -0.1) is 0 Å². The zero-order valence-corrected chi connectivity index (χ0v) is 8.44. The summed E-state index contributed by atoms with van der Waals surface area (Å²) in [5.41, 5.74) is 2.27. The Bertz CT molecular complexity index is 414. The topological polar surface area (TPSA) is 25.0 Å². The van der Waals surface area contributed by atoms with E-state index in [2.05, 4.69) is 11.6 Å². The van der Waals surface area contributed by atoms with Gasteiger partial charge >= 0.3 is 0 Å². The zero-order chi connectivity index (χ0) is 10.5. The van der Waals surface area contributed by atoms with Crippen LogP contribution in [-0.4, -0.2) is 11.6 Å². The van der Waals surface area contributed by atoms with Crippen molar-refractivity contribution in [2.24, 2.45) is 0 Å². The normalized spacial score (nSPS) is 9.87. The molecule has 1 aromatic heterocycles. The number of aromatic amines is 1. The molecule has 1 heterocycles. The Labute approximate surface area is 89.2 Å². The molecule has 0 spiro atoms. The van der Waals surface area contributed by atoms with Gasteiger partial charge in [-0.05, 0) is 42.0 Å². The lowest BCUT2D eigenvalue weighted by atomic mass is 10.1.